The third-order valence-corrected chi connectivity index (χ3v) is 16.2. The number of aliphatic hydroxyl groups excluding tert-OH is 3. The van der Waals surface area contributed by atoms with Gasteiger partial charge in [-0.25, -0.2) is 0 Å². The molecule has 1 heterocycles. The molecule has 7 nitrogen and oxygen atoms in total. The lowest BCUT2D eigenvalue weighted by Gasteiger charge is -2.58. The fourth-order valence-corrected chi connectivity index (χ4v) is 12.6. The number of rotatable bonds is 24. The van der Waals surface area contributed by atoms with E-state index in [0.29, 0.717) is 17.8 Å². The molecule has 0 aromatic heterocycles. The van der Waals surface area contributed by atoms with Gasteiger partial charge in [-0.2, -0.15) is 0 Å². The second kappa shape index (κ2) is 24.3. The normalized spacial score (nSPS) is 36.1. The van der Waals surface area contributed by atoms with Gasteiger partial charge in [0.2, 0.25) is 0 Å². The molecular formula is C53H88O7. The van der Waals surface area contributed by atoms with Crippen LogP contribution >= 0.6 is 0 Å². The van der Waals surface area contributed by atoms with Gasteiger partial charge in [0.05, 0.1) is 6.10 Å². The summed E-state index contributed by atoms with van der Waals surface area (Å²) < 4.78 is 18.0. The zero-order valence-electron chi connectivity index (χ0n) is 38.9. The number of carbonyl (C=O) groups excluding carboxylic acids is 1. The Balaban J connectivity index is 0.991. The number of aliphatic hydroxyl groups is 3. The maximum absolute atomic E-state index is 12.6. The molecule has 13 unspecified atom stereocenters. The van der Waals surface area contributed by atoms with E-state index in [1.165, 1.54) is 76.2 Å². The van der Waals surface area contributed by atoms with E-state index in [4.69, 9.17) is 14.2 Å². The van der Waals surface area contributed by atoms with Crippen LogP contribution in [0.15, 0.2) is 48.1 Å². The third-order valence-electron chi connectivity index (χ3n) is 16.2. The molecule has 5 aliphatic rings. The van der Waals surface area contributed by atoms with Crippen molar-refractivity contribution in [1.82, 2.24) is 0 Å². The van der Waals surface area contributed by atoms with E-state index in [-0.39, 0.29) is 24.1 Å². The minimum atomic E-state index is -1.45. The molecule has 60 heavy (non-hydrogen) atoms. The van der Waals surface area contributed by atoms with Gasteiger partial charge in [0.15, 0.2) is 6.29 Å². The number of carbonyl (C=O) groups is 1. The van der Waals surface area contributed by atoms with Gasteiger partial charge in [-0.1, -0.05) is 141 Å². The lowest BCUT2D eigenvalue weighted by molar-refractivity contribution is -0.313. The zero-order valence-corrected chi connectivity index (χ0v) is 38.9. The third kappa shape index (κ3) is 13.1. The van der Waals surface area contributed by atoms with Crippen LogP contribution in [0.5, 0.6) is 0 Å². The Hall–Kier alpha value is -1.77. The summed E-state index contributed by atoms with van der Waals surface area (Å²) in [6.45, 7) is 14.4. The van der Waals surface area contributed by atoms with Gasteiger partial charge in [0, 0.05) is 6.42 Å². The molecule has 1 aliphatic heterocycles. The van der Waals surface area contributed by atoms with Crippen LogP contribution in [0, 0.1) is 46.3 Å². The lowest BCUT2D eigenvalue weighted by Crippen LogP contribution is -2.60. The van der Waals surface area contributed by atoms with E-state index in [0.717, 1.165) is 100 Å². The minimum absolute atomic E-state index is 0.144. The molecule has 7 heteroatoms. The van der Waals surface area contributed by atoms with Crippen molar-refractivity contribution in [1.29, 1.82) is 0 Å². The Labute approximate surface area is 366 Å². The number of fused-ring (bicyclic) bond motifs is 5. The summed E-state index contributed by atoms with van der Waals surface area (Å²) in [5.74, 6) is 4.41. The zero-order chi connectivity index (χ0) is 43.1. The predicted octanol–water partition coefficient (Wildman–Crippen LogP) is 12.1. The SMILES string of the molecule is CC/C=C\C/C=C\C/C=C\CCCCCCCCCC(=O)OCC1OC(OC2CCC3(C)C(=CCC4C3CCC3(C)C(C(C)CCCC(C)C)CCC43)C2)C(O)C(O)C1O. The van der Waals surface area contributed by atoms with Crippen molar-refractivity contribution in [3.63, 3.8) is 0 Å². The van der Waals surface area contributed by atoms with Crippen LogP contribution in [0.25, 0.3) is 0 Å². The van der Waals surface area contributed by atoms with E-state index in [1.54, 1.807) is 0 Å². The van der Waals surface area contributed by atoms with Crippen LogP contribution < -0.4 is 0 Å². The molecule has 4 fully saturated rings. The van der Waals surface area contributed by atoms with Gasteiger partial charge in [-0.3, -0.25) is 4.79 Å². The summed E-state index contributed by atoms with van der Waals surface area (Å²) in [5, 5.41) is 32.5. The summed E-state index contributed by atoms with van der Waals surface area (Å²) >= 11 is 0. The molecule has 3 saturated carbocycles. The standard InChI is InChI=1S/C53H88O7/c1-7-8-9-10-11-12-13-14-15-16-17-18-19-20-21-22-23-27-47(54)58-37-46-48(55)49(56)50(57)51(60-46)59-41-32-34-52(5)40(36-41)28-29-42-44-31-30-43(39(4)26-24-25-38(2)3)53(44,6)35-33-45(42)52/h8-9,11-12,14-15,28,38-39,41-46,48-51,55-57H,7,10,13,16-27,29-37H2,1-6H3/b9-8-,12-11-,15-14-. The summed E-state index contributed by atoms with van der Waals surface area (Å²) in [5.41, 5.74) is 2.13. The van der Waals surface area contributed by atoms with Crippen molar-refractivity contribution in [3.05, 3.63) is 48.1 Å². The van der Waals surface area contributed by atoms with E-state index in [1.807, 2.05) is 0 Å². The van der Waals surface area contributed by atoms with Crippen LogP contribution in [0.4, 0.5) is 0 Å². The molecule has 342 valence electrons. The summed E-state index contributed by atoms with van der Waals surface area (Å²) in [4.78, 5) is 12.6. The van der Waals surface area contributed by atoms with E-state index in [9.17, 15) is 20.1 Å². The molecule has 4 aliphatic carbocycles. The highest BCUT2D eigenvalue weighted by Crippen LogP contribution is 2.67. The van der Waals surface area contributed by atoms with Crippen molar-refractivity contribution < 1.29 is 34.3 Å². The van der Waals surface area contributed by atoms with Crippen molar-refractivity contribution in [2.45, 2.75) is 226 Å². The second-order valence-electron chi connectivity index (χ2n) is 20.8. The predicted molar refractivity (Wildman–Crippen MR) is 244 cm³/mol. The number of ether oxygens (including phenoxy) is 3. The van der Waals surface area contributed by atoms with Crippen LogP contribution in [0.1, 0.15) is 189 Å². The van der Waals surface area contributed by atoms with Gasteiger partial charge >= 0.3 is 5.97 Å². The molecule has 0 amide bonds. The molecule has 0 bridgehead atoms. The first kappa shape index (κ1) is 49.2. The van der Waals surface area contributed by atoms with Crippen LogP contribution in [0.3, 0.4) is 0 Å². The molecule has 0 radical (unpaired) electrons. The number of esters is 1. The van der Waals surface area contributed by atoms with Gasteiger partial charge in [-0.15, -0.1) is 0 Å². The summed E-state index contributed by atoms with van der Waals surface area (Å²) in [7, 11) is 0. The molecule has 5 rings (SSSR count). The summed E-state index contributed by atoms with van der Waals surface area (Å²) in [6, 6.07) is 0. The Morgan fingerprint density at radius 2 is 1.50 bits per heavy atom. The van der Waals surface area contributed by atoms with Crippen molar-refractivity contribution in [2.75, 3.05) is 6.61 Å². The Bertz CT molecular complexity index is 1400. The maximum atomic E-state index is 12.6. The second-order valence-corrected chi connectivity index (χ2v) is 20.8. The van der Waals surface area contributed by atoms with Crippen LogP contribution in [-0.2, 0) is 19.0 Å². The Morgan fingerprint density at radius 3 is 2.23 bits per heavy atom. The first-order valence-electron chi connectivity index (χ1n) is 25.0. The molecule has 0 aromatic rings. The quantitative estimate of drug-likeness (QED) is 0.0505. The summed E-state index contributed by atoms with van der Waals surface area (Å²) in [6.07, 6.45) is 35.2. The number of unbranched alkanes of at least 4 members (excludes halogenated alkanes) is 7. The fraction of sp³-hybridized carbons (Fsp3) is 0.830. The number of allylic oxidation sites excluding steroid dienone is 7. The average molecular weight is 837 g/mol. The highest BCUT2D eigenvalue weighted by atomic mass is 16.7. The smallest absolute Gasteiger partial charge is 0.305 e. The van der Waals surface area contributed by atoms with Crippen LogP contribution in [0.2, 0.25) is 0 Å². The Morgan fingerprint density at radius 1 is 0.800 bits per heavy atom. The van der Waals surface area contributed by atoms with E-state index < -0.39 is 30.7 Å². The van der Waals surface area contributed by atoms with E-state index in [2.05, 4.69) is 84.1 Å². The molecule has 1 saturated heterocycles. The molecule has 3 N–H and O–H groups in total. The Kier molecular flexibility index (Phi) is 20.0. The highest BCUT2D eigenvalue weighted by Gasteiger charge is 2.59. The highest BCUT2D eigenvalue weighted by molar-refractivity contribution is 5.69. The van der Waals surface area contributed by atoms with Gasteiger partial charge in [-0.05, 0) is 136 Å². The van der Waals surface area contributed by atoms with Crippen LogP contribution in [-0.4, -0.2) is 64.7 Å². The number of hydrogen-bond acceptors (Lipinski definition) is 7. The fourth-order valence-electron chi connectivity index (χ4n) is 12.6. The van der Waals surface area contributed by atoms with Gasteiger partial charge in [0.1, 0.15) is 31.0 Å². The first-order chi connectivity index (χ1) is 28.9. The molecule has 0 aromatic carbocycles. The molecular weight excluding hydrogens is 749 g/mol. The van der Waals surface area contributed by atoms with E-state index >= 15 is 0 Å². The van der Waals surface area contributed by atoms with Crippen molar-refractivity contribution >= 4 is 5.97 Å². The average Bonchev–Trinajstić information content (AvgIpc) is 3.59. The van der Waals surface area contributed by atoms with Crippen molar-refractivity contribution in [3.8, 4) is 0 Å². The maximum Gasteiger partial charge on any atom is 0.305 e. The molecule has 13 atom stereocenters. The minimum Gasteiger partial charge on any atom is -0.463 e. The van der Waals surface area contributed by atoms with Gasteiger partial charge in [0.25, 0.3) is 0 Å². The largest absolute Gasteiger partial charge is 0.463 e. The van der Waals surface area contributed by atoms with Gasteiger partial charge < -0.3 is 29.5 Å². The lowest BCUT2D eigenvalue weighted by atomic mass is 9.47. The van der Waals surface area contributed by atoms with Crippen molar-refractivity contribution in [2.24, 2.45) is 46.3 Å². The molecule has 0 spiro atoms. The topological polar surface area (TPSA) is 105 Å². The first-order valence-corrected chi connectivity index (χ1v) is 25.0. The number of hydrogen-bond donors (Lipinski definition) is 3. The monoisotopic (exact) mass is 837 g/mol.